The van der Waals surface area contributed by atoms with Crippen LogP contribution in [0.2, 0.25) is 0 Å². The van der Waals surface area contributed by atoms with Crippen LogP contribution in [0.5, 0.6) is 0 Å². The first-order chi connectivity index (χ1) is 9.06. The minimum absolute atomic E-state index is 0.398. The molecule has 1 aliphatic rings. The standard InChI is InChI=1S/C15H21NO2S/c1-10-3-4-11(2)14(9-10)19-8-7-13(15(17)18)16-12-5-6-12/h3-4,9,12-13,16H,5-8H2,1-2H3,(H,17,18). The molecule has 0 aliphatic heterocycles. The summed E-state index contributed by atoms with van der Waals surface area (Å²) in [5.74, 6) is 0.106. The van der Waals surface area contributed by atoms with Crippen molar-refractivity contribution in [3.05, 3.63) is 29.3 Å². The van der Waals surface area contributed by atoms with E-state index in [1.165, 1.54) is 16.0 Å². The lowest BCUT2D eigenvalue weighted by atomic mass is 10.2. The molecule has 1 aromatic rings. The molecule has 2 rings (SSSR count). The van der Waals surface area contributed by atoms with Gasteiger partial charge in [-0.25, -0.2) is 0 Å². The van der Waals surface area contributed by atoms with Gasteiger partial charge in [-0.3, -0.25) is 4.79 Å². The summed E-state index contributed by atoms with van der Waals surface area (Å²) in [6.07, 6.45) is 2.91. The van der Waals surface area contributed by atoms with Crippen LogP contribution in [0.1, 0.15) is 30.4 Å². The van der Waals surface area contributed by atoms with Crippen LogP contribution in [0.25, 0.3) is 0 Å². The van der Waals surface area contributed by atoms with Gasteiger partial charge in [-0.05, 0) is 44.7 Å². The second kappa shape index (κ2) is 6.44. The Bertz CT molecular complexity index is 457. The highest BCUT2D eigenvalue weighted by molar-refractivity contribution is 7.99. The Morgan fingerprint density at radius 2 is 2.21 bits per heavy atom. The summed E-state index contributed by atoms with van der Waals surface area (Å²) in [6, 6.07) is 6.43. The Morgan fingerprint density at radius 1 is 1.47 bits per heavy atom. The Labute approximate surface area is 118 Å². The summed E-state index contributed by atoms with van der Waals surface area (Å²) in [6.45, 7) is 4.18. The molecular formula is C15H21NO2S. The van der Waals surface area contributed by atoms with E-state index in [2.05, 4.69) is 37.4 Å². The van der Waals surface area contributed by atoms with Gasteiger partial charge in [-0.15, -0.1) is 11.8 Å². The van der Waals surface area contributed by atoms with Crippen LogP contribution in [-0.2, 0) is 4.79 Å². The second-order valence-corrected chi connectivity index (χ2v) is 6.37. The number of nitrogens with one attached hydrogen (secondary N) is 1. The Morgan fingerprint density at radius 3 is 2.84 bits per heavy atom. The number of carboxylic acids is 1. The van der Waals surface area contributed by atoms with Gasteiger partial charge in [0.1, 0.15) is 6.04 Å². The van der Waals surface area contributed by atoms with Crippen molar-refractivity contribution in [1.82, 2.24) is 5.32 Å². The molecule has 1 unspecified atom stereocenters. The van der Waals surface area contributed by atoms with E-state index < -0.39 is 12.0 Å². The average Bonchev–Trinajstić information content (AvgIpc) is 3.16. The normalized spacial score (nSPS) is 16.3. The van der Waals surface area contributed by atoms with E-state index in [-0.39, 0.29) is 0 Å². The Kier molecular flexibility index (Phi) is 4.88. The van der Waals surface area contributed by atoms with Crippen molar-refractivity contribution in [2.75, 3.05) is 5.75 Å². The van der Waals surface area contributed by atoms with Gasteiger partial charge in [0.25, 0.3) is 0 Å². The summed E-state index contributed by atoms with van der Waals surface area (Å²) in [7, 11) is 0. The van der Waals surface area contributed by atoms with Crippen LogP contribution >= 0.6 is 11.8 Å². The zero-order valence-electron chi connectivity index (χ0n) is 11.5. The smallest absolute Gasteiger partial charge is 0.320 e. The number of aliphatic carboxylic acids is 1. The maximum atomic E-state index is 11.2. The fourth-order valence-electron chi connectivity index (χ4n) is 1.96. The number of carbonyl (C=O) groups is 1. The van der Waals surface area contributed by atoms with E-state index >= 15 is 0 Å². The summed E-state index contributed by atoms with van der Waals surface area (Å²) in [4.78, 5) is 12.4. The fourth-order valence-corrected chi connectivity index (χ4v) is 3.10. The molecule has 104 valence electrons. The quantitative estimate of drug-likeness (QED) is 0.753. The van der Waals surface area contributed by atoms with Gasteiger partial charge >= 0.3 is 5.97 Å². The maximum Gasteiger partial charge on any atom is 0.320 e. The molecule has 0 aromatic heterocycles. The molecule has 0 radical (unpaired) electrons. The first-order valence-corrected chi connectivity index (χ1v) is 7.73. The van der Waals surface area contributed by atoms with Crippen molar-refractivity contribution < 1.29 is 9.90 Å². The predicted molar refractivity (Wildman–Crippen MR) is 78.8 cm³/mol. The minimum Gasteiger partial charge on any atom is -0.480 e. The molecule has 19 heavy (non-hydrogen) atoms. The highest BCUT2D eigenvalue weighted by atomic mass is 32.2. The number of hydrogen-bond acceptors (Lipinski definition) is 3. The molecule has 0 bridgehead atoms. The van der Waals surface area contributed by atoms with Crippen LogP contribution in [0.15, 0.2) is 23.1 Å². The van der Waals surface area contributed by atoms with Crippen molar-refractivity contribution in [2.45, 2.75) is 50.1 Å². The average molecular weight is 279 g/mol. The van der Waals surface area contributed by atoms with E-state index in [4.69, 9.17) is 0 Å². The number of rotatable bonds is 7. The van der Waals surface area contributed by atoms with E-state index in [0.717, 1.165) is 18.6 Å². The molecule has 1 aromatic carbocycles. The lowest BCUT2D eigenvalue weighted by molar-refractivity contribution is -0.139. The van der Waals surface area contributed by atoms with Gasteiger partial charge in [-0.2, -0.15) is 0 Å². The Hall–Kier alpha value is -1.00. The van der Waals surface area contributed by atoms with Crippen LogP contribution in [-0.4, -0.2) is 28.9 Å². The van der Waals surface area contributed by atoms with Gasteiger partial charge in [0, 0.05) is 16.7 Å². The number of benzene rings is 1. The molecule has 0 spiro atoms. The zero-order chi connectivity index (χ0) is 13.8. The fraction of sp³-hybridized carbons (Fsp3) is 0.533. The van der Waals surface area contributed by atoms with E-state index in [1.54, 1.807) is 11.8 Å². The summed E-state index contributed by atoms with van der Waals surface area (Å²) < 4.78 is 0. The van der Waals surface area contributed by atoms with E-state index in [1.807, 2.05) is 0 Å². The molecule has 2 N–H and O–H groups in total. The molecule has 1 aliphatic carbocycles. The van der Waals surface area contributed by atoms with Gasteiger partial charge in [0.15, 0.2) is 0 Å². The summed E-state index contributed by atoms with van der Waals surface area (Å²) in [5, 5.41) is 12.4. The highest BCUT2D eigenvalue weighted by Gasteiger charge is 2.27. The monoisotopic (exact) mass is 279 g/mol. The van der Waals surface area contributed by atoms with Gasteiger partial charge in [0.2, 0.25) is 0 Å². The predicted octanol–water partition coefficient (Wildman–Crippen LogP) is 2.99. The third kappa shape index (κ3) is 4.55. The molecule has 0 saturated heterocycles. The Balaban J connectivity index is 1.83. The van der Waals surface area contributed by atoms with E-state index in [9.17, 15) is 9.90 Å². The molecule has 0 heterocycles. The van der Waals surface area contributed by atoms with Crippen molar-refractivity contribution in [1.29, 1.82) is 0 Å². The molecular weight excluding hydrogens is 258 g/mol. The zero-order valence-corrected chi connectivity index (χ0v) is 12.3. The number of hydrogen-bond donors (Lipinski definition) is 2. The second-order valence-electron chi connectivity index (χ2n) is 5.24. The largest absolute Gasteiger partial charge is 0.480 e. The van der Waals surface area contributed by atoms with Gasteiger partial charge < -0.3 is 10.4 Å². The molecule has 1 saturated carbocycles. The minimum atomic E-state index is -0.728. The molecule has 1 atom stereocenters. The molecule has 1 fully saturated rings. The SMILES string of the molecule is Cc1ccc(C)c(SCCC(NC2CC2)C(=O)O)c1. The highest BCUT2D eigenvalue weighted by Crippen LogP contribution is 2.25. The lowest BCUT2D eigenvalue weighted by Crippen LogP contribution is -2.38. The lowest BCUT2D eigenvalue weighted by Gasteiger charge is -2.14. The number of thioether (sulfide) groups is 1. The third-order valence-corrected chi connectivity index (χ3v) is 4.51. The maximum absolute atomic E-state index is 11.2. The summed E-state index contributed by atoms with van der Waals surface area (Å²) in [5.41, 5.74) is 2.51. The molecule has 0 amide bonds. The van der Waals surface area contributed by atoms with Crippen molar-refractivity contribution >= 4 is 17.7 Å². The van der Waals surface area contributed by atoms with Gasteiger partial charge in [-0.1, -0.05) is 17.7 Å². The topological polar surface area (TPSA) is 49.3 Å². The van der Waals surface area contributed by atoms with E-state index in [0.29, 0.717) is 12.5 Å². The molecule has 4 heteroatoms. The van der Waals surface area contributed by atoms with Crippen LogP contribution in [0.3, 0.4) is 0 Å². The molecule has 3 nitrogen and oxygen atoms in total. The van der Waals surface area contributed by atoms with Crippen molar-refractivity contribution in [3.8, 4) is 0 Å². The first kappa shape index (κ1) is 14.4. The number of aryl methyl sites for hydroxylation is 2. The van der Waals surface area contributed by atoms with Gasteiger partial charge in [0.05, 0.1) is 0 Å². The van der Waals surface area contributed by atoms with Crippen LogP contribution in [0.4, 0.5) is 0 Å². The van der Waals surface area contributed by atoms with Crippen LogP contribution < -0.4 is 5.32 Å². The number of carboxylic acid groups (broad SMARTS) is 1. The van der Waals surface area contributed by atoms with Crippen molar-refractivity contribution in [3.63, 3.8) is 0 Å². The van der Waals surface area contributed by atoms with Crippen molar-refractivity contribution in [2.24, 2.45) is 0 Å². The van der Waals surface area contributed by atoms with Crippen LogP contribution in [0, 0.1) is 13.8 Å². The first-order valence-electron chi connectivity index (χ1n) is 6.75. The summed E-state index contributed by atoms with van der Waals surface area (Å²) >= 11 is 1.75. The third-order valence-electron chi connectivity index (χ3n) is 3.32.